The number of fused-ring (bicyclic) bond motifs is 1. The second-order valence-corrected chi connectivity index (χ2v) is 6.18. The van der Waals surface area contributed by atoms with Crippen LogP contribution in [0.15, 0.2) is 16.6 Å². The molecule has 98 valence electrons. The van der Waals surface area contributed by atoms with E-state index in [0.29, 0.717) is 28.7 Å². The van der Waals surface area contributed by atoms with Crippen molar-refractivity contribution in [3.8, 4) is 0 Å². The van der Waals surface area contributed by atoms with Crippen molar-refractivity contribution in [2.24, 2.45) is 0 Å². The molecule has 1 aliphatic rings. The first-order valence-corrected chi connectivity index (χ1v) is 6.56. The van der Waals surface area contributed by atoms with Gasteiger partial charge in [0, 0.05) is 16.6 Å². The Hall–Kier alpha value is -1.10. The summed E-state index contributed by atoms with van der Waals surface area (Å²) in [4.78, 5) is 13.5. The Morgan fingerprint density at radius 3 is 2.72 bits per heavy atom. The Bertz CT molecular complexity index is 496. The van der Waals surface area contributed by atoms with Gasteiger partial charge in [0.2, 0.25) is 0 Å². The summed E-state index contributed by atoms with van der Waals surface area (Å²) in [6.07, 6.45) is 0.0898. The lowest BCUT2D eigenvalue weighted by Gasteiger charge is -2.24. The molecule has 5 heteroatoms. The molecule has 1 amide bonds. The van der Waals surface area contributed by atoms with Gasteiger partial charge in [0.15, 0.2) is 0 Å². The van der Waals surface area contributed by atoms with Crippen LogP contribution >= 0.6 is 15.9 Å². The van der Waals surface area contributed by atoms with Crippen molar-refractivity contribution in [3.63, 3.8) is 0 Å². The van der Waals surface area contributed by atoms with Crippen LogP contribution in [0.3, 0.4) is 0 Å². The lowest BCUT2D eigenvalue weighted by atomic mass is 10.1. The molecule has 1 aliphatic heterocycles. The average molecular weight is 316 g/mol. The van der Waals surface area contributed by atoms with Gasteiger partial charge < -0.3 is 4.74 Å². The number of anilines is 1. The second kappa shape index (κ2) is 4.53. The van der Waals surface area contributed by atoms with E-state index in [1.807, 2.05) is 20.8 Å². The highest BCUT2D eigenvalue weighted by Crippen LogP contribution is 2.34. The Morgan fingerprint density at radius 1 is 1.44 bits per heavy atom. The number of benzene rings is 1. The maximum atomic E-state index is 13.7. The summed E-state index contributed by atoms with van der Waals surface area (Å²) in [5.74, 6) is -0.287. The number of ether oxygens (including phenoxy) is 1. The fourth-order valence-corrected chi connectivity index (χ4v) is 2.35. The van der Waals surface area contributed by atoms with E-state index in [4.69, 9.17) is 4.74 Å². The summed E-state index contributed by atoms with van der Waals surface area (Å²) in [6, 6.07) is 3.16. The summed E-state index contributed by atoms with van der Waals surface area (Å²) in [7, 11) is 0. The molecule has 0 saturated carbocycles. The van der Waals surface area contributed by atoms with E-state index in [0.717, 1.165) is 0 Å². The van der Waals surface area contributed by atoms with Gasteiger partial charge >= 0.3 is 6.09 Å². The molecule has 2 rings (SSSR count). The highest BCUT2D eigenvalue weighted by Gasteiger charge is 2.30. The van der Waals surface area contributed by atoms with Gasteiger partial charge in [-0.05, 0) is 39.3 Å². The number of hydrogen-bond donors (Lipinski definition) is 0. The summed E-state index contributed by atoms with van der Waals surface area (Å²) >= 11 is 3.23. The van der Waals surface area contributed by atoms with E-state index in [1.54, 1.807) is 6.07 Å². The Balaban J connectivity index is 2.29. The molecule has 0 N–H and O–H groups in total. The van der Waals surface area contributed by atoms with Gasteiger partial charge in [0.25, 0.3) is 0 Å². The van der Waals surface area contributed by atoms with Crippen molar-refractivity contribution in [2.45, 2.75) is 32.8 Å². The monoisotopic (exact) mass is 315 g/mol. The molecule has 0 fully saturated rings. The van der Waals surface area contributed by atoms with Crippen molar-refractivity contribution < 1.29 is 13.9 Å². The predicted octanol–water partition coefficient (Wildman–Crippen LogP) is 3.89. The zero-order chi connectivity index (χ0) is 13.5. The number of halogens is 2. The van der Waals surface area contributed by atoms with E-state index in [-0.39, 0.29) is 5.82 Å². The van der Waals surface area contributed by atoms with E-state index in [2.05, 4.69) is 15.9 Å². The van der Waals surface area contributed by atoms with Crippen LogP contribution in [-0.4, -0.2) is 18.2 Å². The number of carbonyl (C=O) groups is 1. The molecular formula is C13H15BrFNO2. The van der Waals surface area contributed by atoms with Gasteiger partial charge in [0.05, 0.1) is 5.69 Å². The van der Waals surface area contributed by atoms with Gasteiger partial charge in [-0.25, -0.2) is 9.18 Å². The second-order valence-electron chi connectivity index (χ2n) is 5.27. The molecule has 1 heterocycles. The number of amides is 1. The minimum atomic E-state index is -0.551. The van der Waals surface area contributed by atoms with Gasteiger partial charge in [-0.15, -0.1) is 0 Å². The smallest absolute Gasteiger partial charge is 0.414 e. The fraction of sp³-hybridized carbons (Fsp3) is 0.462. The van der Waals surface area contributed by atoms with Crippen LogP contribution in [0.1, 0.15) is 26.3 Å². The van der Waals surface area contributed by atoms with E-state index in [9.17, 15) is 9.18 Å². The number of carbonyl (C=O) groups excluding carboxylic acids is 1. The lowest BCUT2D eigenvalue weighted by Crippen LogP contribution is -2.35. The molecule has 0 aromatic heterocycles. The number of hydrogen-bond acceptors (Lipinski definition) is 2. The molecule has 3 nitrogen and oxygen atoms in total. The predicted molar refractivity (Wildman–Crippen MR) is 71.4 cm³/mol. The fourth-order valence-electron chi connectivity index (χ4n) is 1.93. The third kappa shape index (κ3) is 2.66. The SMILES string of the molecule is CC(C)(C)OC(=O)N1CCc2c(F)cc(Br)cc21. The Kier molecular flexibility index (Phi) is 3.36. The zero-order valence-corrected chi connectivity index (χ0v) is 12.2. The molecule has 0 bridgehead atoms. The molecule has 0 spiro atoms. The molecule has 1 aromatic carbocycles. The molecule has 0 radical (unpaired) electrons. The summed E-state index contributed by atoms with van der Waals surface area (Å²) < 4.78 is 19.6. The Morgan fingerprint density at radius 2 is 2.11 bits per heavy atom. The van der Waals surface area contributed by atoms with Crippen molar-refractivity contribution in [1.82, 2.24) is 0 Å². The topological polar surface area (TPSA) is 29.5 Å². The van der Waals surface area contributed by atoms with Crippen LogP contribution in [0.2, 0.25) is 0 Å². The van der Waals surface area contributed by atoms with Gasteiger partial charge in [0.1, 0.15) is 11.4 Å². The van der Waals surface area contributed by atoms with Crippen LogP contribution in [0.4, 0.5) is 14.9 Å². The van der Waals surface area contributed by atoms with Gasteiger partial charge in [-0.1, -0.05) is 15.9 Å². The number of rotatable bonds is 0. The average Bonchev–Trinajstić information content (AvgIpc) is 2.58. The molecule has 18 heavy (non-hydrogen) atoms. The lowest BCUT2D eigenvalue weighted by molar-refractivity contribution is 0.0584. The first kappa shape index (κ1) is 13.3. The third-order valence-electron chi connectivity index (χ3n) is 2.63. The molecule has 0 saturated heterocycles. The quantitative estimate of drug-likeness (QED) is 0.727. The van der Waals surface area contributed by atoms with Gasteiger partial charge in [-0.2, -0.15) is 0 Å². The summed E-state index contributed by atoms with van der Waals surface area (Å²) in [6.45, 7) is 5.88. The third-order valence-corrected chi connectivity index (χ3v) is 3.08. The summed E-state index contributed by atoms with van der Waals surface area (Å²) in [5, 5.41) is 0. The normalized spacial score (nSPS) is 14.6. The van der Waals surface area contributed by atoms with Crippen LogP contribution in [0.25, 0.3) is 0 Å². The van der Waals surface area contributed by atoms with Crippen LogP contribution in [-0.2, 0) is 11.2 Å². The maximum Gasteiger partial charge on any atom is 0.414 e. The van der Waals surface area contributed by atoms with Crippen molar-refractivity contribution >= 4 is 27.7 Å². The first-order chi connectivity index (χ1) is 8.28. The molecular weight excluding hydrogens is 301 g/mol. The molecule has 0 aliphatic carbocycles. The van der Waals surface area contributed by atoms with Crippen LogP contribution < -0.4 is 4.90 Å². The maximum absolute atomic E-state index is 13.7. The van der Waals surface area contributed by atoms with Crippen LogP contribution in [0.5, 0.6) is 0 Å². The largest absolute Gasteiger partial charge is 0.443 e. The van der Waals surface area contributed by atoms with Crippen molar-refractivity contribution in [2.75, 3.05) is 11.4 Å². The van der Waals surface area contributed by atoms with Crippen LogP contribution in [0, 0.1) is 5.82 Å². The van der Waals surface area contributed by atoms with E-state index >= 15 is 0 Å². The number of nitrogens with zero attached hydrogens (tertiary/aromatic N) is 1. The highest BCUT2D eigenvalue weighted by molar-refractivity contribution is 9.10. The highest BCUT2D eigenvalue weighted by atomic mass is 79.9. The van der Waals surface area contributed by atoms with Crippen molar-refractivity contribution in [3.05, 3.63) is 28.0 Å². The molecule has 0 atom stereocenters. The summed E-state index contributed by atoms with van der Waals surface area (Å²) in [5.41, 5.74) is 0.616. The van der Waals surface area contributed by atoms with Crippen molar-refractivity contribution in [1.29, 1.82) is 0 Å². The standard InChI is InChI=1S/C13H15BrFNO2/c1-13(2,3)18-12(17)16-5-4-9-10(15)6-8(14)7-11(9)16/h6-7H,4-5H2,1-3H3. The minimum Gasteiger partial charge on any atom is -0.443 e. The zero-order valence-electron chi connectivity index (χ0n) is 10.6. The van der Waals surface area contributed by atoms with E-state index < -0.39 is 11.7 Å². The molecule has 1 aromatic rings. The van der Waals surface area contributed by atoms with Gasteiger partial charge in [-0.3, -0.25) is 4.90 Å². The minimum absolute atomic E-state index is 0.287. The van der Waals surface area contributed by atoms with E-state index in [1.165, 1.54) is 11.0 Å². The molecule has 0 unspecified atom stereocenters. The first-order valence-electron chi connectivity index (χ1n) is 5.76. The Labute approximate surface area is 114 Å².